The molecule has 1 atom stereocenters. The van der Waals surface area contributed by atoms with Crippen LogP contribution in [0.1, 0.15) is 5.56 Å². The van der Waals surface area contributed by atoms with Crippen LogP contribution in [0.3, 0.4) is 0 Å². The van der Waals surface area contributed by atoms with E-state index in [4.69, 9.17) is 5.73 Å². The SMILES string of the molecule is NC1=CC=Cc2ccc(S(=O)[O-])cc2N1. The van der Waals surface area contributed by atoms with Gasteiger partial charge in [-0.2, -0.15) is 0 Å². The van der Waals surface area contributed by atoms with Crippen LogP contribution in [-0.4, -0.2) is 8.76 Å². The molecule has 5 heteroatoms. The molecular formula is C10H9N2O2S-. The topological polar surface area (TPSA) is 78.2 Å². The maximum atomic E-state index is 10.8. The van der Waals surface area contributed by atoms with Crippen molar-refractivity contribution in [1.82, 2.24) is 0 Å². The first kappa shape index (κ1) is 9.95. The number of fused-ring (bicyclic) bond motifs is 1. The van der Waals surface area contributed by atoms with E-state index in [9.17, 15) is 8.76 Å². The molecule has 78 valence electrons. The molecule has 1 heterocycles. The minimum absolute atomic E-state index is 0.240. The largest absolute Gasteiger partial charge is 0.768 e. The first-order chi connectivity index (χ1) is 7.16. The molecule has 1 aliphatic rings. The molecule has 0 amide bonds. The Morgan fingerprint density at radius 2 is 2.20 bits per heavy atom. The molecule has 3 N–H and O–H groups in total. The molecule has 0 saturated heterocycles. The van der Waals surface area contributed by atoms with Gasteiger partial charge in [0.1, 0.15) is 5.82 Å². The number of hydrogen-bond donors (Lipinski definition) is 2. The lowest BCUT2D eigenvalue weighted by atomic mass is 10.2. The van der Waals surface area contributed by atoms with Crippen molar-refractivity contribution >= 4 is 22.8 Å². The van der Waals surface area contributed by atoms with E-state index >= 15 is 0 Å². The average Bonchev–Trinajstić information content (AvgIpc) is 2.37. The molecule has 0 aliphatic carbocycles. The summed E-state index contributed by atoms with van der Waals surface area (Å²) in [6.45, 7) is 0. The minimum atomic E-state index is -2.22. The first-order valence-corrected chi connectivity index (χ1v) is 5.38. The van der Waals surface area contributed by atoms with Gasteiger partial charge in [0.05, 0.1) is 0 Å². The molecule has 15 heavy (non-hydrogen) atoms. The average molecular weight is 221 g/mol. The van der Waals surface area contributed by atoms with E-state index in [1.165, 1.54) is 0 Å². The fraction of sp³-hybridized carbons (Fsp3) is 0. The molecule has 1 aromatic carbocycles. The van der Waals surface area contributed by atoms with E-state index in [0.717, 1.165) is 5.56 Å². The summed E-state index contributed by atoms with van der Waals surface area (Å²) >= 11 is -2.22. The van der Waals surface area contributed by atoms with E-state index in [1.807, 2.05) is 12.2 Å². The molecule has 1 unspecified atom stereocenters. The molecule has 0 saturated carbocycles. The molecule has 4 nitrogen and oxygen atoms in total. The van der Waals surface area contributed by atoms with Crippen LogP contribution in [-0.2, 0) is 11.1 Å². The number of allylic oxidation sites excluding steroid dienone is 2. The van der Waals surface area contributed by atoms with Gasteiger partial charge in [-0.25, -0.2) is 0 Å². The first-order valence-electron chi connectivity index (χ1n) is 4.31. The summed E-state index contributed by atoms with van der Waals surface area (Å²) in [5.74, 6) is 0.485. The summed E-state index contributed by atoms with van der Waals surface area (Å²) in [6, 6.07) is 4.83. The van der Waals surface area contributed by atoms with E-state index < -0.39 is 11.1 Å². The van der Waals surface area contributed by atoms with Crippen molar-refractivity contribution in [2.45, 2.75) is 4.90 Å². The summed E-state index contributed by atoms with van der Waals surface area (Å²) in [7, 11) is 0. The van der Waals surface area contributed by atoms with Crippen LogP contribution < -0.4 is 11.1 Å². The lowest BCUT2D eigenvalue weighted by Crippen LogP contribution is -2.08. The Morgan fingerprint density at radius 3 is 2.93 bits per heavy atom. The smallest absolute Gasteiger partial charge is 0.100 e. The maximum Gasteiger partial charge on any atom is 0.100 e. The molecule has 0 bridgehead atoms. The maximum absolute atomic E-state index is 10.8. The number of hydrogen-bond acceptors (Lipinski definition) is 4. The van der Waals surface area contributed by atoms with Gasteiger partial charge in [-0.1, -0.05) is 18.2 Å². The summed E-state index contributed by atoms with van der Waals surface area (Å²) in [5, 5.41) is 2.92. The van der Waals surface area contributed by atoms with Gasteiger partial charge < -0.3 is 15.6 Å². The summed E-state index contributed by atoms with van der Waals surface area (Å²) in [6.07, 6.45) is 5.38. The summed E-state index contributed by atoms with van der Waals surface area (Å²) < 4.78 is 21.5. The second kappa shape index (κ2) is 3.88. The fourth-order valence-electron chi connectivity index (χ4n) is 1.35. The van der Waals surface area contributed by atoms with Crippen LogP contribution in [0.15, 0.2) is 41.1 Å². The molecule has 2 rings (SSSR count). The van der Waals surface area contributed by atoms with Crippen molar-refractivity contribution in [2.75, 3.05) is 5.32 Å². The van der Waals surface area contributed by atoms with Gasteiger partial charge in [0, 0.05) is 10.6 Å². The Bertz CT molecular complexity index is 480. The Balaban J connectivity index is 2.49. The lowest BCUT2D eigenvalue weighted by molar-refractivity contribution is 0.537. The highest BCUT2D eigenvalue weighted by atomic mass is 32.2. The summed E-state index contributed by atoms with van der Waals surface area (Å²) in [5.41, 5.74) is 7.22. The molecule has 0 spiro atoms. The third kappa shape index (κ3) is 2.08. The van der Waals surface area contributed by atoms with Gasteiger partial charge in [0.15, 0.2) is 0 Å². The highest BCUT2D eigenvalue weighted by Gasteiger charge is 2.04. The van der Waals surface area contributed by atoms with Crippen LogP contribution in [0.5, 0.6) is 0 Å². The third-order valence-corrected chi connectivity index (χ3v) is 2.69. The number of benzene rings is 1. The number of anilines is 1. The molecule has 1 aliphatic heterocycles. The van der Waals surface area contributed by atoms with Gasteiger partial charge in [0.25, 0.3) is 0 Å². The van der Waals surface area contributed by atoms with Crippen LogP contribution in [0.4, 0.5) is 5.69 Å². The van der Waals surface area contributed by atoms with Crippen molar-refractivity contribution in [2.24, 2.45) is 5.73 Å². The minimum Gasteiger partial charge on any atom is -0.768 e. The van der Waals surface area contributed by atoms with Gasteiger partial charge >= 0.3 is 0 Å². The Labute approximate surface area is 89.8 Å². The predicted molar refractivity (Wildman–Crippen MR) is 58.6 cm³/mol. The Morgan fingerprint density at radius 1 is 1.40 bits per heavy atom. The second-order valence-electron chi connectivity index (χ2n) is 3.09. The van der Waals surface area contributed by atoms with Gasteiger partial charge in [-0.05, 0) is 34.9 Å². The van der Waals surface area contributed by atoms with Crippen LogP contribution in [0.25, 0.3) is 6.08 Å². The fourth-order valence-corrected chi connectivity index (χ4v) is 1.74. The van der Waals surface area contributed by atoms with Crippen molar-refractivity contribution in [3.63, 3.8) is 0 Å². The predicted octanol–water partition coefficient (Wildman–Crippen LogP) is 1.16. The third-order valence-electron chi connectivity index (χ3n) is 2.05. The molecule has 1 aromatic rings. The number of nitrogens with one attached hydrogen (secondary N) is 1. The quantitative estimate of drug-likeness (QED) is 0.697. The van der Waals surface area contributed by atoms with Gasteiger partial charge in [0.2, 0.25) is 0 Å². The van der Waals surface area contributed by atoms with E-state index in [0.29, 0.717) is 11.5 Å². The van der Waals surface area contributed by atoms with Gasteiger partial charge in [-0.15, -0.1) is 0 Å². The lowest BCUT2D eigenvalue weighted by Gasteiger charge is -2.11. The normalized spacial score (nSPS) is 15.9. The second-order valence-corrected chi connectivity index (χ2v) is 4.03. The zero-order valence-electron chi connectivity index (χ0n) is 7.77. The van der Waals surface area contributed by atoms with Crippen LogP contribution in [0.2, 0.25) is 0 Å². The van der Waals surface area contributed by atoms with Crippen molar-refractivity contribution in [1.29, 1.82) is 0 Å². The van der Waals surface area contributed by atoms with Crippen molar-refractivity contribution < 1.29 is 8.76 Å². The highest BCUT2D eigenvalue weighted by molar-refractivity contribution is 7.79. The standard InChI is InChI=1S/C10H10N2O2S/c11-10-3-1-2-7-4-5-8(15(13)14)6-9(7)12-10/h1-6,12H,11H2,(H,13,14)/p-1. The summed E-state index contributed by atoms with van der Waals surface area (Å²) in [4.78, 5) is 0.240. The molecule has 0 aromatic heterocycles. The van der Waals surface area contributed by atoms with E-state index in [2.05, 4.69) is 5.32 Å². The zero-order valence-corrected chi connectivity index (χ0v) is 8.58. The van der Waals surface area contributed by atoms with E-state index in [-0.39, 0.29) is 4.90 Å². The van der Waals surface area contributed by atoms with Crippen LogP contribution >= 0.6 is 0 Å². The molecule has 0 radical (unpaired) electrons. The van der Waals surface area contributed by atoms with E-state index in [1.54, 1.807) is 24.3 Å². The van der Waals surface area contributed by atoms with Crippen molar-refractivity contribution in [3.05, 3.63) is 41.7 Å². The van der Waals surface area contributed by atoms with Crippen LogP contribution in [0, 0.1) is 0 Å². The molecule has 0 fully saturated rings. The monoisotopic (exact) mass is 221 g/mol. The zero-order chi connectivity index (χ0) is 10.8. The number of rotatable bonds is 1. The Hall–Kier alpha value is -1.59. The highest BCUT2D eigenvalue weighted by Crippen LogP contribution is 2.23. The van der Waals surface area contributed by atoms with Crippen molar-refractivity contribution in [3.8, 4) is 0 Å². The number of nitrogens with two attached hydrogens (primary N) is 1. The Kier molecular flexibility index (Phi) is 2.57. The van der Waals surface area contributed by atoms with Gasteiger partial charge in [-0.3, -0.25) is 4.21 Å². The molecular weight excluding hydrogens is 212 g/mol.